The predicted octanol–water partition coefficient (Wildman–Crippen LogP) is 6.22. The Balaban J connectivity index is 1.62. The number of rotatable bonds is 9. The van der Waals surface area contributed by atoms with Crippen molar-refractivity contribution in [2.24, 2.45) is 0 Å². The minimum atomic E-state index is -0.984. The summed E-state index contributed by atoms with van der Waals surface area (Å²) in [7, 11) is 0. The molecule has 0 aromatic heterocycles. The van der Waals surface area contributed by atoms with E-state index in [4.69, 9.17) is 15.2 Å². The maximum Gasteiger partial charge on any atom is 0.412 e. The van der Waals surface area contributed by atoms with E-state index in [-0.39, 0.29) is 5.75 Å². The van der Waals surface area contributed by atoms with Crippen molar-refractivity contribution in [1.82, 2.24) is 0 Å². The molecule has 0 bridgehead atoms. The molecule has 0 fully saturated rings. The summed E-state index contributed by atoms with van der Waals surface area (Å²) in [6.07, 6.45) is 0.197. The monoisotopic (exact) mass is 523 g/mol. The number of nitrogens with two attached hydrogens (primary N) is 1. The maximum atomic E-state index is 13.0. The Bertz CT molecular complexity index is 1420. The van der Waals surface area contributed by atoms with Crippen molar-refractivity contribution >= 4 is 29.1 Å². The summed E-state index contributed by atoms with van der Waals surface area (Å²) in [4.78, 5) is 25.7. The van der Waals surface area contributed by atoms with Crippen molar-refractivity contribution in [2.75, 3.05) is 16.4 Å². The molecule has 0 saturated heterocycles. The van der Waals surface area contributed by atoms with E-state index < -0.39 is 24.2 Å². The molecule has 8 heteroatoms. The van der Waals surface area contributed by atoms with E-state index in [1.165, 1.54) is 24.3 Å². The molecule has 0 heterocycles. The Morgan fingerprint density at radius 1 is 0.846 bits per heavy atom. The fraction of sp³-hybridized carbons (Fsp3) is 0.0968. The van der Waals surface area contributed by atoms with Crippen LogP contribution in [0.5, 0.6) is 11.5 Å². The Morgan fingerprint density at radius 2 is 1.51 bits per heavy atom. The van der Waals surface area contributed by atoms with Crippen molar-refractivity contribution in [3.63, 3.8) is 0 Å². The third-order valence-corrected chi connectivity index (χ3v) is 5.72. The lowest BCUT2D eigenvalue weighted by Crippen LogP contribution is -2.30. The van der Waals surface area contributed by atoms with Crippen LogP contribution in [-0.2, 0) is 9.53 Å². The van der Waals surface area contributed by atoms with Gasteiger partial charge in [0, 0.05) is 11.8 Å². The first-order valence-electron chi connectivity index (χ1n) is 12.3. The number of phenolic OH excluding ortho intramolecular Hbond substituents is 1. The van der Waals surface area contributed by atoms with Gasteiger partial charge >= 0.3 is 6.09 Å². The molecule has 198 valence electrons. The van der Waals surface area contributed by atoms with Crippen LogP contribution in [0.1, 0.15) is 17.2 Å². The number of hydrogen-bond acceptors (Lipinski definition) is 6. The third-order valence-electron chi connectivity index (χ3n) is 5.72. The average molecular weight is 524 g/mol. The zero-order valence-corrected chi connectivity index (χ0v) is 21.3. The van der Waals surface area contributed by atoms with E-state index in [1.54, 1.807) is 60.7 Å². The van der Waals surface area contributed by atoms with Gasteiger partial charge in [0.05, 0.1) is 11.4 Å². The summed E-state index contributed by atoms with van der Waals surface area (Å²) in [5.41, 5.74) is 8.99. The molecule has 5 N–H and O–H groups in total. The number of para-hydroxylation sites is 3. The number of hydrogen-bond donors (Lipinski definition) is 4. The molecule has 4 rings (SSSR count). The minimum absolute atomic E-state index is 0.0532. The summed E-state index contributed by atoms with van der Waals surface area (Å²) in [6.45, 7) is 1.95. The second-order valence-electron chi connectivity index (χ2n) is 8.74. The van der Waals surface area contributed by atoms with Gasteiger partial charge in [-0.25, -0.2) is 4.79 Å². The second kappa shape index (κ2) is 12.8. The molecule has 0 radical (unpaired) electrons. The van der Waals surface area contributed by atoms with Crippen molar-refractivity contribution < 1.29 is 24.2 Å². The Kier molecular flexibility index (Phi) is 8.82. The van der Waals surface area contributed by atoms with E-state index in [0.717, 1.165) is 5.56 Å². The number of benzene rings is 4. The molecule has 39 heavy (non-hydrogen) atoms. The highest BCUT2D eigenvalue weighted by Gasteiger charge is 2.28. The zero-order chi connectivity index (χ0) is 27.6. The summed E-state index contributed by atoms with van der Waals surface area (Å²) >= 11 is 0. The topological polar surface area (TPSA) is 123 Å². The van der Waals surface area contributed by atoms with Gasteiger partial charge in [-0.15, -0.1) is 0 Å². The van der Waals surface area contributed by atoms with Crippen LogP contribution < -0.4 is 21.1 Å². The highest BCUT2D eigenvalue weighted by molar-refractivity contribution is 6.01. The number of aromatic hydroxyl groups is 1. The normalized spacial score (nSPS) is 12.3. The van der Waals surface area contributed by atoms with E-state index in [9.17, 15) is 14.7 Å². The van der Waals surface area contributed by atoms with Crippen molar-refractivity contribution in [2.45, 2.75) is 19.1 Å². The first kappa shape index (κ1) is 26.8. The van der Waals surface area contributed by atoms with Gasteiger partial charge in [-0.05, 0) is 67.1 Å². The molecule has 2 amide bonds. The lowest BCUT2D eigenvalue weighted by molar-refractivity contribution is -0.112. The molecule has 0 spiro atoms. The summed E-state index contributed by atoms with van der Waals surface area (Å²) in [5.74, 6) is 0.117. The van der Waals surface area contributed by atoms with Gasteiger partial charge in [0.1, 0.15) is 11.5 Å². The van der Waals surface area contributed by atoms with Crippen molar-refractivity contribution in [1.29, 1.82) is 0 Å². The van der Waals surface area contributed by atoms with Crippen LogP contribution in [0, 0.1) is 6.92 Å². The molecule has 8 nitrogen and oxygen atoms in total. The predicted molar refractivity (Wildman–Crippen MR) is 152 cm³/mol. The zero-order valence-electron chi connectivity index (χ0n) is 21.3. The summed E-state index contributed by atoms with van der Waals surface area (Å²) in [6, 6.07) is 29.4. The fourth-order valence-corrected chi connectivity index (χ4v) is 3.71. The highest BCUT2D eigenvalue weighted by atomic mass is 16.6. The van der Waals surface area contributed by atoms with Crippen LogP contribution >= 0.6 is 0 Å². The van der Waals surface area contributed by atoms with Gasteiger partial charge in [-0.2, -0.15) is 0 Å². The first-order chi connectivity index (χ1) is 18.9. The van der Waals surface area contributed by atoms with Crippen LogP contribution in [0.3, 0.4) is 0 Å². The van der Waals surface area contributed by atoms with Gasteiger partial charge in [-0.3, -0.25) is 10.1 Å². The van der Waals surface area contributed by atoms with Crippen LogP contribution in [0.25, 0.3) is 0 Å². The van der Waals surface area contributed by atoms with E-state index in [2.05, 4.69) is 10.6 Å². The molecule has 4 aromatic carbocycles. The van der Waals surface area contributed by atoms with Crippen molar-refractivity contribution in [3.05, 3.63) is 126 Å². The van der Waals surface area contributed by atoms with E-state index >= 15 is 0 Å². The lowest BCUT2D eigenvalue weighted by atomic mass is 10.0. The van der Waals surface area contributed by atoms with Gasteiger partial charge < -0.3 is 25.6 Å². The number of ether oxygens (including phenoxy) is 2. The SMILES string of the molecule is Cc1ccc(NC(=O)O[C@H](c2ccc(O)cc2)[C@@H](/C=C/C(=O)Nc2ccccc2N)Oc2ccccc2)cc1. The third kappa shape index (κ3) is 7.87. The van der Waals surface area contributed by atoms with E-state index in [1.807, 2.05) is 37.3 Å². The molecule has 0 aliphatic heterocycles. The molecule has 0 saturated carbocycles. The Morgan fingerprint density at radius 3 is 2.21 bits per heavy atom. The molecule has 0 aliphatic carbocycles. The first-order valence-corrected chi connectivity index (χ1v) is 12.3. The number of anilines is 3. The largest absolute Gasteiger partial charge is 0.508 e. The van der Waals surface area contributed by atoms with Crippen molar-refractivity contribution in [3.8, 4) is 11.5 Å². The van der Waals surface area contributed by atoms with Gasteiger partial charge in [0.25, 0.3) is 0 Å². The number of nitrogen functional groups attached to an aromatic ring is 1. The Hall–Kier alpha value is -5.24. The standard InChI is InChI=1S/C31H29N3O5/c1-21-11-15-23(16-12-21)33-31(37)39-30(22-13-17-24(35)18-14-22)28(38-25-7-3-2-4-8-25)19-20-29(36)34-27-10-6-5-9-26(27)32/h2-20,28,30,35H,32H2,1H3,(H,33,37)(H,34,36)/b20-19+/t28-,30-/m1/s1. The molecular formula is C31H29N3O5. The quantitative estimate of drug-likeness (QED) is 0.153. The lowest BCUT2D eigenvalue weighted by Gasteiger charge is -2.26. The van der Waals surface area contributed by atoms with Gasteiger partial charge in [0.15, 0.2) is 12.2 Å². The summed E-state index contributed by atoms with van der Waals surface area (Å²) < 4.78 is 12.0. The maximum absolute atomic E-state index is 13.0. The molecule has 0 unspecified atom stereocenters. The van der Waals surface area contributed by atoms with Crippen LogP contribution in [0.15, 0.2) is 115 Å². The average Bonchev–Trinajstić information content (AvgIpc) is 2.93. The van der Waals surface area contributed by atoms with E-state index in [0.29, 0.717) is 28.4 Å². The summed E-state index contributed by atoms with van der Waals surface area (Å²) in [5, 5.41) is 15.3. The highest BCUT2D eigenvalue weighted by Crippen LogP contribution is 2.29. The number of carbonyl (C=O) groups excluding carboxylic acids is 2. The Labute approximate surface area is 226 Å². The van der Waals surface area contributed by atoms with Crippen LogP contribution in [0.4, 0.5) is 21.9 Å². The van der Waals surface area contributed by atoms with Gasteiger partial charge in [-0.1, -0.05) is 60.2 Å². The number of nitrogens with one attached hydrogen (secondary N) is 2. The molecule has 2 atom stereocenters. The smallest absolute Gasteiger partial charge is 0.412 e. The van der Waals surface area contributed by atoms with Gasteiger partial charge in [0.2, 0.25) is 5.91 Å². The minimum Gasteiger partial charge on any atom is -0.508 e. The molecular weight excluding hydrogens is 494 g/mol. The van der Waals surface area contributed by atoms with Crippen LogP contribution in [-0.4, -0.2) is 23.2 Å². The number of phenols is 1. The number of aryl methyl sites for hydroxylation is 1. The number of carbonyl (C=O) groups is 2. The van der Waals surface area contributed by atoms with Crippen LogP contribution in [0.2, 0.25) is 0 Å². The molecule has 4 aromatic rings. The molecule has 0 aliphatic rings. The fourth-order valence-electron chi connectivity index (χ4n) is 3.71. The number of amides is 2. The second-order valence-corrected chi connectivity index (χ2v) is 8.74.